The predicted molar refractivity (Wildman–Crippen MR) is 70.3 cm³/mol. The molecule has 0 aliphatic heterocycles. The van der Waals surface area contributed by atoms with Crippen LogP contribution in [0.15, 0.2) is 42.5 Å². The number of benzene rings is 2. The number of nitrogens with zero attached hydrogens (tertiary/aromatic N) is 1. The number of rotatable bonds is 3. The molecule has 0 aromatic heterocycles. The minimum absolute atomic E-state index is 0.0146. The van der Waals surface area contributed by atoms with Crippen molar-refractivity contribution in [3.05, 3.63) is 65.2 Å². The van der Waals surface area contributed by atoms with Crippen LogP contribution >= 0.6 is 0 Å². The highest BCUT2D eigenvalue weighted by Crippen LogP contribution is 2.22. The topological polar surface area (TPSA) is 40.5 Å². The molecule has 2 aromatic carbocycles. The first-order valence-electron chi connectivity index (χ1n) is 5.97. The van der Waals surface area contributed by atoms with Gasteiger partial charge in [0.25, 0.3) is 5.91 Å². The molecule has 0 unspecified atom stereocenters. The summed E-state index contributed by atoms with van der Waals surface area (Å²) in [4.78, 5) is 13.3. The lowest BCUT2D eigenvalue weighted by atomic mass is 10.1. The fourth-order valence-electron chi connectivity index (χ4n) is 1.87. The Bertz CT molecular complexity index is 623. The second kappa shape index (κ2) is 5.69. The van der Waals surface area contributed by atoms with Crippen LogP contribution < -0.4 is 0 Å². The lowest BCUT2D eigenvalue weighted by Crippen LogP contribution is -2.27. The van der Waals surface area contributed by atoms with Crippen molar-refractivity contribution in [2.75, 3.05) is 7.05 Å². The Balaban J connectivity index is 2.24. The maximum atomic E-state index is 13.6. The van der Waals surface area contributed by atoms with Crippen molar-refractivity contribution in [3.63, 3.8) is 0 Å². The maximum Gasteiger partial charge on any atom is 0.260 e. The van der Waals surface area contributed by atoms with Gasteiger partial charge >= 0.3 is 0 Å². The monoisotopic (exact) mass is 277 g/mol. The molecule has 0 aliphatic carbocycles. The summed E-state index contributed by atoms with van der Waals surface area (Å²) in [5, 5.41) is 9.57. The largest absolute Gasteiger partial charge is 0.507 e. The summed E-state index contributed by atoms with van der Waals surface area (Å²) in [6, 6.07) is 9.64. The molecule has 0 bridgehead atoms. The Labute approximate surface area is 115 Å². The lowest BCUT2D eigenvalue weighted by molar-refractivity contribution is 0.0776. The molecule has 2 aromatic rings. The number of hydrogen-bond acceptors (Lipinski definition) is 2. The fraction of sp³-hybridized carbons (Fsp3) is 0.133. The van der Waals surface area contributed by atoms with Crippen molar-refractivity contribution in [1.29, 1.82) is 0 Å². The first-order chi connectivity index (χ1) is 9.50. The minimum atomic E-state index is -0.810. The van der Waals surface area contributed by atoms with E-state index in [0.717, 1.165) is 11.0 Å². The third-order valence-corrected chi connectivity index (χ3v) is 2.92. The predicted octanol–water partition coefficient (Wildman–Crippen LogP) is 2.94. The van der Waals surface area contributed by atoms with Crippen LogP contribution in [0.3, 0.4) is 0 Å². The SMILES string of the molecule is CN(Cc1ccccc1F)C(=O)c1c(O)cccc1F. The van der Waals surface area contributed by atoms with Gasteiger partial charge in [0.15, 0.2) is 0 Å². The molecule has 0 fully saturated rings. The highest BCUT2D eigenvalue weighted by molar-refractivity contribution is 5.96. The van der Waals surface area contributed by atoms with Gasteiger partial charge in [-0.2, -0.15) is 0 Å². The zero-order chi connectivity index (χ0) is 14.7. The van der Waals surface area contributed by atoms with Gasteiger partial charge in [0.2, 0.25) is 0 Å². The van der Waals surface area contributed by atoms with Crippen LogP contribution in [0.1, 0.15) is 15.9 Å². The van der Waals surface area contributed by atoms with Gasteiger partial charge in [-0.25, -0.2) is 8.78 Å². The van der Waals surface area contributed by atoms with Gasteiger partial charge < -0.3 is 10.0 Å². The number of phenols is 1. The number of halogens is 2. The van der Waals surface area contributed by atoms with Crippen LogP contribution in [0.2, 0.25) is 0 Å². The average Bonchev–Trinajstić information content (AvgIpc) is 2.41. The number of hydrogen-bond donors (Lipinski definition) is 1. The Morgan fingerprint density at radius 2 is 1.75 bits per heavy atom. The third kappa shape index (κ3) is 2.77. The van der Waals surface area contributed by atoms with Crippen molar-refractivity contribution in [2.24, 2.45) is 0 Å². The van der Waals surface area contributed by atoms with E-state index in [1.54, 1.807) is 18.2 Å². The molecule has 3 nitrogen and oxygen atoms in total. The molecule has 20 heavy (non-hydrogen) atoms. The first kappa shape index (κ1) is 14.0. The van der Waals surface area contributed by atoms with Gasteiger partial charge in [-0.15, -0.1) is 0 Å². The molecule has 1 amide bonds. The molecule has 2 rings (SSSR count). The minimum Gasteiger partial charge on any atom is -0.507 e. The van der Waals surface area contributed by atoms with E-state index < -0.39 is 28.9 Å². The molecule has 0 atom stereocenters. The lowest BCUT2D eigenvalue weighted by Gasteiger charge is -2.18. The number of carbonyl (C=O) groups is 1. The van der Waals surface area contributed by atoms with Crippen LogP contribution in [0.4, 0.5) is 8.78 Å². The Morgan fingerprint density at radius 1 is 1.10 bits per heavy atom. The van der Waals surface area contributed by atoms with Gasteiger partial charge in [-0.3, -0.25) is 4.79 Å². The highest BCUT2D eigenvalue weighted by atomic mass is 19.1. The summed E-state index contributed by atoms with van der Waals surface area (Å²) in [5.41, 5.74) is -0.0921. The van der Waals surface area contributed by atoms with Crippen molar-refractivity contribution in [1.82, 2.24) is 4.90 Å². The van der Waals surface area contributed by atoms with Crippen molar-refractivity contribution < 1.29 is 18.7 Å². The second-order valence-corrected chi connectivity index (χ2v) is 4.39. The van der Waals surface area contributed by atoms with Crippen LogP contribution in [0, 0.1) is 11.6 Å². The van der Waals surface area contributed by atoms with Gasteiger partial charge in [-0.1, -0.05) is 24.3 Å². The molecule has 0 spiro atoms. The molecule has 0 heterocycles. The van der Waals surface area contributed by atoms with Crippen molar-refractivity contribution in [2.45, 2.75) is 6.54 Å². The molecule has 0 radical (unpaired) electrons. The molecule has 1 N–H and O–H groups in total. The van der Waals surface area contributed by atoms with Crippen LogP contribution in [-0.2, 0) is 6.54 Å². The molecule has 104 valence electrons. The summed E-state index contributed by atoms with van der Waals surface area (Å²) in [6.45, 7) is -0.0146. The molecule has 5 heteroatoms. The van der Waals surface area contributed by atoms with Crippen molar-refractivity contribution >= 4 is 5.91 Å². The van der Waals surface area contributed by atoms with E-state index in [4.69, 9.17) is 0 Å². The van der Waals surface area contributed by atoms with Crippen LogP contribution in [-0.4, -0.2) is 23.0 Å². The summed E-state index contributed by atoms with van der Waals surface area (Å²) in [7, 11) is 1.42. The van der Waals surface area contributed by atoms with E-state index in [1.165, 1.54) is 25.2 Å². The van der Waals surface area contributed by atoms with E-state index in [1.807, 2.05) is 0 Å². The summed E-state index contributed by atoms with van der Waals surface area (Å²) < 4.78 is 27.1. The third-order valence-electron chi connectivity index (χ3n) is 2.92. The summed E-state index contributed by atoms with van der Waals surface area (Å²) in [5.74, 6) is -2.39. The molecular weight excluding hydrogens is 264 g/mol. The average molecular weight is 277 g/mol. The highest BCUT2D eigenvalue weighted by Gasteiger charge is 2.20. The van der Waals surface area contributed by atoms with E-state index in [0.29, 0.717) is 5.56 Å². The van der Waals surface area contributed by atoms with E-state index in [9.17, 15) is 18.7 Å². The van der Waals surface area contributed by atoms with E-state index in [-0.39, 0.29) is 6.54 Å². The Hall–Kier alpha value is -2.43. The second-order valence-electron chi connectivity index (χ2n) is 4.39. The molecule has 0 aliphatic rings. The number of phenolic OH excluding ortho intramolecular Hbond substituents is 1. The molecular formula is C15H13F2NO2. The van der Waals surface area contributed by atoms with Gasteiger partial charge in [0, 0.05) is 19.2 Å². The fourth-order valence-corrected chi connectivity index (χ4v) is 1.87. The summed E-state index contributed by atoms with van der Waals surface area (Å²) in [6.07, 6.45) is 0. The maximum absolute atomic E-state index is 13.6. The normalized spacial score (nSPS) is 10.3. The standard InChI is InChI=1S/C15H13F2NO2/c1-18(9-10-5-2-3-6-11(10)16)15(20)14-12(17)7-4-8-13(14)19/h2-8,19H,9H2,1H3. The summed E-state index contributed by atoms with van der Waals surface area (Å²) >= 11 is 0. The van der Waals surface area contributed by atoms with Crippen LogP contribution in [0.25, 0.3) is 0 Å². The molecule has 0 saturated carbocycles. The number of aromatic hydroxyl groups is 1. The smallest absolute Gasteiger partial charge is 0.260 e. The quantitative estimate of drug-likeness (QED) is 0.937. The van der Waals surface area contributed by atoms with E-state index >= 15 is 0 Å². The van der Waals surface area contributed by atoms with Gasteiger partial charge in [0.05, 0.1) is 0 Å². The van der Waals surface area contributed by atoms with E-state index in [2.05, 4.69) is 0 Å². The van der Waals surface area contributed by atoms with Gasteiger partial charge in [-0.05, 0) is 18.2 Å². The zero-order valence-corrected chi connectivity index (χ0v) is 10.8. The van der Waals surface area contributed by atoms with Gasteiger partial charge in [0.1, 0.15) is 22.9 Å². The number of carbonyl (C=O) groups excluding carboxylic acids is 1. The molecule has 0 saturated heterocycles. The Morgan fingerprint density at radius 3 is 2.40 bits per heavy atom. The van der Waals surface area contributed by atoms with Crippen LogP contribution in [0.5, 0.6) is 5.75 Å². The first-order valence-corrected chi connectivity index (χ1v) is 5.97. The van der Waals surface area contributed by atoms with Crippen molar-refractivity contribution in [3.8, 4) is 5.75 Å². The number of amides is 1. The zero-order valence-electron chi connectivity index (χ0n) is 10.8. The Kier molecular flexibility index (Phi) is 3.98.